The summed E-state index contributed by atoms with van der Waals surface area (Å²) in [7, 11) is 0. The maximum absolute atomic E-state index is 9.09. The van der Waals surface area contributed by atoms with Gasteiger partial charge in [0.05, 0.1) is 41.7 Å². The zero-order chi connectivity index (χ0) is 25.3. The van der Waals surface area contributed by atoms with Crippen LogP contribution in [0.5, 0.6) is 0 Å². The molecule has 192 valence electrons. The van der Waals surface area contributed by atoms with E-state index in [9.17, 15) is 0 Å². The van der Waals surface area contributed by atoms with Gasteiger partial charge in [-0.15, -0.1) is 0 Å². The maximum atomic E-state index is 9.09. The molecule has 4 aliphatic carbocycles. The molecule has 7 nitrogen and oxygen atoms in total. The lowest BCUT2D eigenvalue weighted by atomic mass is 9.98. The van der Waals surface area contributed by atoms with Gasteiger partial charge < -0.3 is 20.0 Å². The Morgan fingerprint density at radius 1 is 1.16 bits per heavy atom. The fourth-order valence-electron chi connectivity index (χ4n) is 7.62. The number of morpholine rings is 1. The zero-order valence-electron chi connectivity index (χ0n) is 21.9. The van der Waals surface area contributed by atoms with Crippen LogP contribution in [-0.4, -0.2) is 63.5 Å². The molecule has 0 aromatic carbocycles. The van der Waals surface area contributed by atoms with Gasteiger partial charge in [-0.2, -0.15) is 0 Å². The standard InChI is InChI=1S/C30H36N6O/c1-18(2)34-27(30-21-15-26(29(30)28(21)30)35-10-12-37-13-11-35)16-22(31)20-14-25-24(33-17-20)7-9-36(25)19(3)23-6-4-5-8-32-23/h4-9,14,16-19,21,26,28-29,31,34H,10-13,15H2,1-3H3/b27-16-,31-22?. The molecule has 1 saturated heterocycles. The summed E-state index contributed by atoms with van der Waals surface area (Å²) in [6, 6.07) is 11.3. The van der Waals surface area contributed by atoms with Crippen LogP contribution in [0.2, 0.25) is 0 Å². The summed E-state index contributed by atoms with van der Waals surface area (Å²) >= 11 is 0. The van der Waals surface area contributed by atoms with Crippen molar-refractivity contribution < 1.29 is 4.74 Å². The highest BCUT2D eigenvalue weighted by Gasteiger charge is 2.93. The lowest BCUT2D eigenvalue weighted by Crippen LogP contribution is -2.43. The quantitative estimate of drug-likeness (QED) is 0.456. The zero-order valence-corrected chi connectivity index (χ0v) is 21.9. The maximum Gasteiger partial charge on any atom is 0.0881 e. The first-order valence-corrected chi connectivity index (χ1v) is 13.8. The third-order valence-electron chi connectivity index (χ3n) is 9.36. The Morgan fingerprint density at radius 2 is 2.00 bits per heavy atom. The second-order valence-electron chi connectivity index (χ2n) is 11.6. The Balaban J connectivity index is 1.17. The number of hydrogen-bond acceptors (Lipinski definition) is 6. The fourth-order valence-corrected chi connectivity index (χ4v) is 7.62. The van der Waals surface area contributed by atoms with Crippen molar-refractivity contribution >= 4 is 16.7 Å². The van der Waals surface area contributed by atoms with Gasteiger partial charge in [0.25, 0.3) is 0 Å². The summed E-state index contributed by atoms with van der Waals surface area (Å²) in [5.41, 5.74) is 5.93. The number of ether oxygens (including phenoxy) is 1. The van der Waals surface area contributed by atoms with E-state index in [1.165, 1.54) is 12.1 Å². The van der Waals surface area contributed by atoms with Crippen LogP contribution in [0, 0.1) is 28.6 Å². The van der Waals surface area contributed by atoms with E-state index in [-0.39, 0.29) is 11.5 Å². The molecule has 0 amide bonds. The average Bonchev–Trinajstić information content (AvgIpc) is 3.50. The molecule has 1 aliphatic heterocycles. The first-order chi connectivity index (χ1) is 18.0. The predicted octanol–water partition coefficient (Wildman–Crippen LogP) is 4.26. The van der Waals surface area contributed by atoms with E-state index in [0.717, 1.165) is 66.3 Å². The smallest absolute Gasteiger partial charge is 0.0881 e. The molecule has 2 bridgehead atoms. The number of nitrogens with one attached hydrogen (secondary N) is 2. The van der Waals surface area contributed by atoms with Crippen LogP contribution in [0.1, 0.15) is 44.5 Å². The molecule has 4 saturated carbocycles. The Bertz CT molecular complexity index is 1370. The molecule has 6 unspecified atom stereocenters. The van der Waals surface area contributed by atoms with Gasteiger partial charge in [-0.05, 0) is 75.3 Å². The first-order valence-electron chi connectivity index (χ1n) is 13.8. The van der Waals surface area contributed by atoms with E-state index in [1.54, 1.807) is 0 Å². The van der Waals surface area contributed by atoms with Crippen molar-refractivity contribution in [3.8, 4) is 0 Å². The number of aromatic nitrogens is 3. The summed E-state index contributed by atoms with van der Waals surface area (Å²) in [5, 5.41) is 12.9. The summed E-state index contributed by atoms with van der Waals surface area (Å²) < 4.78 is 7.82. The van der Waals surface area contributed by atoms with Gasteiger partial charge in [-0.25, -0.2) is 0 Å². The molecule has 4 heterocycles. The largest absolute Gasteiger partial charge is 0.386 e. The fraction of sp³-hybridized carbons (Fsp3) is 0.500. The second kappa shape index (κ2) is 8.50. The van der Waals surface area contributed by atoms with Crippen molar-refractivity contribution in [1.29, 1.82) is 5.41 Å². The molecule has 0 spiro atoms. The van der Waals surface area contributed by atoms with Crippen LogP contribution in [0.15, 0.2) is 60.7 Å². The molecule has 8 rings (SSSR count). The van der Waals surface area contributed by atoms with Crippen LogP contribution in [0.4, 0.5) is 0 Å². The van der Waals surface area contributed by atoms with Gasteiger partial charge in [-0.1, -0.05) is 6.07 Å². The molecular weight excluding hydrogens is 460 g/mol. The Kier molecular flexibility index (Phi) is 5.31. The van der Waals surface area contributed by atoms with Gasteiger partial charge >= 0.3 is 0 Å². The topological polar surface area (TPSA) is 79.1 Å². The third kappa shape index (κ3) is 3.51. The molecule has 37 heavy (non-hydrogen) atoms. The highest BCUT2D eigenvalue weighted by atomic mass is 16.5. The number of allylic oxidation sites excluding steroid dienone is 2. The van der Waals surface area contributed by atoms with Crippen LogP contribution in [-0.2, 0) is 4.74 Å². The van der Waals surface area contributed by atoms with Crippen molar-refractivity contribution in [1.82, 2.24) is 24.8 Å². The number of hydrogen-bond donors (Lipinski definition) is 2. The van der Waals surface area contributed by atoms with E-state index in [4.69, 9.17) is 15.1 Å². The highest BCUT2D eigenvalue weighted by Crippen LogP contribution is 2.93. The Morgan fingerprint density at radius 3 is 2.73 bits per heavy atom. The second-order valence-corrected chi connectivity index (χ2v) is 11.6. The third-order valence-corrected chi connectivity index (χ3v) is 9.36. The van der Waals surface area contributed by atoms with Crippen LogP contribution in [0.25, 0.3) is 11.0 Å². The van der Waals surface area contributed by atoms with Crippen molar-refractivity contribution in [2.24, 2.45) is 23.2 Å². The number of nitrogens with zero attached hydrogens (tertiary/aromatic N) is 4. The monoisotopic (exact) mass is 496 g/mol. The van der Waals surface area contributed by atoms with E-state index in [2.05, 4.69) is 64.9 Å². The lowest BCUT2D eigenvalue weighted by molar-refractivity contribution is 0.0148. The Hall–Kier alpha value is -3.03. The van der Waals surface area contributed by atoms with Crippen LogP contribution < -0.4 is 5.32 Å². The van der Waals surface area contributed by atoms with Gasteiger partial charge in [0.2, 0.25) is 0 Å². The normalized spacial score (nSPS) is 31.4. The van der Waals surface area contributed by atoms with Crippen LogP contribution >= 0.6 is 0 Å². The molecule has 6 atom stereocenters. The molecule has 3 aromatic rings. The molecule has 5 fully saturated rings. The highest BCUT2D eigenvalue weighted by molar-refractivity contribution is 6.08. The molecule has 2 N–H and O–H groups in total. The molecule has 3 aromatic heterocycles. The van der Waals surface area contributed by atoms with Crippen molar-refractivity contribution in [2.75, 3.05) is 26.3 Å². The van der Waals surface area contributed by atoms with E-state index in [0.29, 0.717) is 17.8 Å². The Labute approximate surface area is 218 Å². The average molecular weight is 497 g/mol. The van der Waals surface area contributed by atoms with Gasteiger partial charge in [0.1, 0.15) is 0 Å². The van der Waals surface area contributed by atoms with E-state index >= 15 is 0 Å². The van der Waals surface area contributed by atoms with Crippen LogP contribution in [0.3, 0.4) is 0 Å². The van der Waals surface area contributed by atoms with E-state index < -0.39 is 0 Å². The lowest BCUT2D eigenvalue weighted by Gasteiger charge is -2.32. The van der Waals surface area contributed by atoms with Crippen molar-refractivity contribution in [3.63, 3.8) is 0 Å². The summed E-state index contributed by atoms with van der Waals surface area (Å²) in [4.78, 5) is 11.9. The van der Waals surface area contributed by atoms with Gasteiger partial charge in [0.15, 0.2) is 0 Å². The minimum absolute atomic E-state index is 0.0870. The number of pyridine rings is 2. The predicted molar refractivity (Wildman–Crippen MR) is 145 cm³/mol. The van der Waals surface area contributed by atoms with Gasteiger partial charge in [-0.3, -0.25) is 14.9 Å². The van der Waals surface area contributed by atoms with Gasteiger partial charge in [0, 0.05) is 60.4 Å². The minimum Gasteiger partial charge on any atom is -0.386 e. The van der Waals surface area contributed by atoms with Crippen molar-refractivity contribution in [2.45, 2.75) is 45.3 Å². The van der Waals surface area contributed by atoms with Crippen molar-refractivity contribution in [3.05, 3.63) is 72.0 Å². The number of fused-ring (bicyclic) bond motifs is 2. The first kappa shape index (κ1) is 23.1. The summed E-state index contributed by atoms with van der Waals surface area (Å²) in [6.07, 6.45) is 9.18. The van der Waals surface area contributed by atoms with E-state index in [1.807, 2.05) is 30.6 Å². The molecule has 7 heteroatoms. The SMILES string of the molecule is CC(C)N/C(=C\C(=N)c1cnc2ccn(C(C)c3ccccn3)c2c1)C12C3CC(N4CCOCC4)C1C32. The number of rotatable bonds is 8. The molecule has 0 radical (unpaired) electrons. The summed E-state index contributed by atoms with van der Waals surface area (Å²) in [6.45, 7) is 10.4. The summed E-state index contributed by atoms with van der Waals surface area (Å²) in [5.74, 6) is 2.30. The minimum atomic E-state index is 0.0870. The molecular formula is C30H36N6O. The molecule has 5 aliphatic rings.